The molecule has 0 aliphatic carbocycles. The van der Waals surface area contributed by atoms with Crippen LogP contribution in [0.5, 0.6) is 0 Å². The van der Waals surface area contributed by atoms with Gasteiger partial charge in [0.15, 0.2) is 0 Å². The number of carboxylic acid groups (broad SMARTS) is 1. The smallest absolute Gasteiger partial charge is 0.870 e. The fraction of sp³-hybridized carbons (Fsp3) is 0.351. The zero-order valence-corrected chi connectivity index (χ0v) is 62.6. The fourth-order valence-corrected chi connectivity index (χ4v) is 14.7. The molecule has 9 aromatic rings. The molecule has 4 saturated heterocycles. The molecule has 7 heterocycles. The number of carboxylic acids is 1. The topological polar surface area (TPSA) is 250 Å². The molecule has 13 rings (SSSR count). The fourth-order valence-electron chi connectivity index (χ4n) is 13.6. The molecule has 0 spiro atoms. The van der Waals surface area contributed by atoms with Crippen molar-refractivity contribution < 1.29 is 98.8 Å². The number of fused-ring (bicyclic) bond motifs is 3. The second-order valence-electron chi connectivity index (χ2n) is 25.7. The predicted molar refractivity (Wildman–Crippen MR) is 396 cm³/mol. The first-order valence-corrected chi connectivity index (χ1v) is 34.8. The molecular formula is C74H76Cl6F6LiN9O11. The van der Waals surface area contributed by atoms with Crippen molar-refractivity contribution in [2.45, 2.75) is 68.5 Å². The minimum Gasteiger partial charge on any atom is -0.870 e. The standard InChI is InChI=1S/C24H22Cl2F3N3O3.C23H20Cl2F3N3O3.C22H21Cl2N3O3.C4H8O.CH4.Li.H2O/c1-31-18-8-7-17(25)20(26)16(18)11-19(31)21(33)30-23(9-10-32(12-23)13-24(27,28)29)15-5-3-14(4-6-15)22(34)35-2;1-30-17-7-6-16(24)19(25)15(17)10-18(30)20(32)29-22(8-9-31(11-22)12-23(26,27)28)14-4-2-13(3-5-14)21(33)34;1-27-17-8-7-16(23)19(24)15(17)11-18(27)20(28)26-22(9-10-25-12-22)14-5-3-13(4-6-14)21(29)30-2;1-2-4-5-3-1;;;/h3-8,11H,9-10,12-13H2,1-2H3,(H,30,33);2-7,10H,8-9,11-12H2,1H3,(H,29,32)(H,33,34);3-8,11,25H,9-10,12H2,1-2H3,(H,26,28);1-4H2;1H4;;1H2/q;;;;;+1;/p-1. The first kappa shape index (κ1) is 86.7. The number of ether oxygens (including phenoxy) is 3. The van der Waals surface area contributed by atoms with Crippen LogP contribution in [-0.2, 0) is 52.0 Å². The largest absolute Gasteiger partial charge is 1.00 e. The molecule has 3 aromatic heterocycles. The molecule has 33 heteroatoms. The number of benzene rings is 6. The molecule has 20 nitrogen and oxygen atoms in total. The minimum absolute atomic E-state index is 0. The van der Waals surface area contributed by atoms with Gasteiger partial charge in [-0.1, -0.05) is 113 Å². The maximum Gasteiger partial charge on any atom is 1.00 e. The second-order valence-corrected chi connectivity index (χ2v) is 28.0. The molecule has 0 radical (unpaired) electrons. The van der Waals surface area contributed by atoms with Crippen LogP contribution >= 0.6 is 69.6 Å². The third-order valence-corrected chi connectivity index (χ3v) is 21.4. The number of methoxy groups -OCH3 is 2. The van der Waals surface area contributed by atoms with Gasteiger partial charge in [0.25, 0.3) is 17.7 Å². The van der Waals surface area contributed by atoms with Gasteiger partial charge in [-0.05, 0) is 146 Å². The number of aryl methyl sites for hydroxylation is 3. The zero-order chi connectivity index (χ0) is 75.4. The summed E-state index contributed by atoms with van der Waals surface area (Å²) in [5, 5.41) is 25.7. The number of aromatic carboxylic acids is 1. The molecule has 6 N–H and O–H groups in total. The Morgan fingerprint density at radius 3 is 1.10 bits per heavy atom. The van der Waals surface area contributed by atoms with Crippen molar-refractivity contribution in [3.05, 3.63) is 208 Å². The Kier molecular flexibility index (Phi) is 29.1. The van der Waals surface area contributed by atoms with Gasteiger partial charge in [0.2, 0.25) is 0 Å². The number of amides is 3. The average molecular weight is 1600 g/mol. The summed E-state index contributed by atoms with van der Waals surface area (Å²) in [5.74, 6) is -3.23. The van der Waals surface area contributed by atoms with E-state index in [-0.39, 0.29) is 93.6 Å². The molecule has 0 saturated carbocycles. The van der Waals surface area contributed by atoms with Gasteiger partial charge in [-0.15, -0.1) is 0 Å². The van der Waals surface area contributed by atoms with Gasteiger partial charge in [0.05, 0.1) is 90.8 Å². The number of hydrogen-bond donors (Lipinski definition) is 5. The quantitative estimate of drug-likeness (QED) is 0.0386. The molecule has 3 amide bonds. The zero-order valence-electron chi connectivity index (χ0n) is 58.1. The SMILES string of the molecule is C.C1CCOC1.COC(=O)c1ccc(C2(NC(=O)c3cc4c(Cl)c(Cl)ccc4n3C)CCN(CC(F)(F)F)C2)cc1.COC(=O)c1ccc(C2(NC(=O)c3cc4c(Cl)c(Cl)ccc4n3C)CCNC2)cc1.Cn1c(C(=O)NC2(c3ccc(C(=O)O)cc3)CCN(CC(F)(F)F)C2)cc2c(Cl)c(Cl)ccc21.[Li+].[OH-]. The molecule has 4 aliphatic rings. The van der Waals surface area contributed by atoms with Crippen molar-refractivity contribution in [2.75, 3.05) is 79.8 Å². The van der Waals surface area contributed by atoms with E-state index in [1.165, 1.54) is 73.3 Å². The normalized spacial score (nSPS) is 18.5. The van der Waals surface area contributed by atoms with E-state index in [0.717, 1.165) is 42.6 Å². The Bertz CT molecular complexity index is 4720. The van der Waals surface area contributed by atoms with Crippen LogP contribution in [0.1, 0.15) is 119 Å². The number of esters is 2. The number of halogens is 12. The van der Waals surface area contributed by atoms with Gasteiger partial charge in [-0.2, -0.15) is 26.3 Å². The number of likely N-dealkylation sites (tertiary alicyclic amines) is 2. The Balaban J connectivity index is 0.000000214. The number of rotatable bonds is 14. The molecule has 0 bridgehead atoms. The van der Waals surface area contributed by atoms with Crippen LogP contribution in [0.15, 0.2) is 127 Å². The van der Waals surface area contributed by atoms with Crippen LogP contribution < -0.4 is 40.1 Å². The average Bonchev–Trinajstić information content (AvgIpc) is 1.67. The molecule has 107 heavy (non-hydrogen) atoms. The van der Waals surface area contributed by atoms with Crippen LogP contribution in [-0.4, -0.2) is 162 Å². The summed E-state index contributed by atoms with van der Waals surface area (Å²) in [5.41, 5.74) is 3.23. The Labute approximate surface area is 654 Å². The number of aromatic nitrogens is 3. The van der Waals surface area contributed by atoms with Crippen molar-refractivity contribution in [1.82, 2.24) is 44.8 Å². The number of nitrogens with zero attached hydrogens (tertiary/aromatic N) is 5. The number of alkyl halides is 6. The van der Waals surface area contributed by atoms with E-state index >= 15 is 0 Å². The number of carbonyl (C=O) groups is 6. The van der Waals surface area contributed by atoms with E-state index < -0.39 is 71.8 Å². The Hall–Kier alpha value is -7.52. The van der Waals surface area contributed by atoms with Gasteiger partial charge in [-0.25, -0.2) is 14.4 Å². The van der Waals surface area contributed by atoms with Gasteiger partial charge in [0, 0.05) is 99.8 Å². The molecule has 4 fully saturated rings. The summed E-state index contributed by atoms with van der Waals surface area (Å²) in [6, 6.07) is 34.5. The monoisotopic (exact) mass is 1600 g/mol. The molecule has 3 unspecified atom stereocenters. The Morgan fingerprint density at radius 1 is 0.505 bits per heavy atom. The molecule has 4 aliphatic heterocycles. The molecule has 3 atom stereocenters. The van der Waals surface area contributed by atoms with Gasteiger partial charge < -0.3 is 59.8 Å². The van der Waals surface area contributed by atoms with Crippen LogP contribution in [0, 0.1) is 0 Å². The first-order chi connectivity index (χ1) is 49.2. The third kappa shape index (κ3) is 19.6. The van der Waals surface area contributed by atoms with Crippen LogP contribution in [0.4, 0.5) is 26.3 Å². The third-order valence-electron chi connectivity index (χ3n) is 19.0. The van der Waals surface area contributed by atoms with E-state index in [4.69, 9.17) is 83.8 Å². The Morgan fingerprint density at radius 2 is 0.822 bits per heavy atom. The number of hydrogen-bond acceptors (Lipinski definition) is 13. The van der Waals surface area contributed by atoms with E-state index in [2.05, 4.69) is 21.3 Å². The molecular weight excluding hydrogens is 1520 g/mol. The summed E-state index contributed by atoms with van der Waals surface area (Å²) >= 11 is 37.3. The second kappa shape index (κ2) is 35.9. The predicted octanol–water partition coefficient (Wildman–Crippen LogP) is 12.4. The maximum absolute atomic E-state index is 13.5. The number of carbonyl (C=O) groups excluding carboxylic acids is 5. The minimum atomic E-state index is -4.39. The van der Waals surface area contributed by atoms with Gasteiger partial charge in [-0.3, -0.25) is 24.2 Å². The van der Waals surface area contributed by atoms with Gasteiger partial charge in [0.1, 0.15) is 17.1 Å². The van der Waals surface area contributed by atoms with Crippen molar-refractivity contribution in [3.63, 3.8) is 0 Å². The summed E-state index contributed by atoms with van der Waals surface area (Å²) < 4.78 is 98.0. The summed E-state index contributed by atoms with van der Waals surface area (Å²) in [7, 11) is 7.81. The van der Waals surface area contributed by atoms with E-state index in [1.54, 1.807) is 96.0 Å². The summed E-state index contributed by atoms with van der Waals surface area (Å²) in [6.07, 6.45) is -5.01. The maximum atomic E-state index is 13.5. The number of nitrogens with one attached hydrogen (secondary N) is 4. The van der Waals surface area contributed by atoms with Crippen molar-refractivity contribution in [3.8, 4) is 0 Å². The van der Waals surface area contributed by atoms with Crippen molar-refractivity contribution in [1.29, 1.82) is 0 Å². The summed E-state index contributed by atoms with van der Waals surface area (Å²) in [6.45, 7) is 1.27. The van der Waals surface area contributed by atoms with Crippen molar-refractivity contribution >= 4 is 138 Å². The van der Waals surface area contributed by atoms with E-state index in [1.807, 2.05) is 29.8 Å². The van der Waals surface area contributed by atoms with Crippen molar-refractivity contribution in [2.24, 2.45) is 21.1 Å². The molecule has 568 valence electrons. The van der Waals surface area contributed by atoms with Crippen LogP contribution in [0.25, 0.3) is 32.7 Å². The van der Waals surface area contributed by atoms with Crippen LogP contribution in [0.3, 0.4) is 0 Å². The van der Waals surface area contributed by atoms with E-state index in [9.17, 15) is 60.2 Å². The van der Waals surface area contributed by atoms with Gasteiger partial charge >= 0.3 is 49.1 Å². The summed E-state index contributed by atoms with van der Waals surface area (Å²) in [4.78, 5) is 77.4. The van der Waals surface area contributed by atoms with E-state index in [0.29, 0.717) is 86.4 Å². The molecule has 6 aromatic carbocycles. The van der Waals surface area contributed by atoms with Crippen LogP contribution in [0.2, 0.25) is 30.1 Å². The first-order valence-electron chi connectivity index (χ1n) is 32.6.